The molecule has 0 aromatic carbocycles. The Hall–Kier alpha value is -2.44. The van der Waals surface area contributed by atoms with E-state index >= 15 is 0 Å². The number of aromatic nitrogens is 3. The number of hydrogen-bond donors (Lipinski definition) is 2. The summed E-state index contributed by atoms with van der Waals surface area (Å²) in [7, 11) is 1.24. The summed E-state index contributed by atoms with van der Waals surface area (Å²) >= 11 is 0. The molecule has 0 saturated heterocycles. The maximum Gasteiger partial charge on any atom is 0.356 e. The molecule has 0 atom stereocenters. The predicted molar refractivity (Wildman–Crippen MR) is 52.2 cm³/mol. The number of carboxylic acids is 1. The van der Waals surface area contributed by atoms with Crippen molar-refractivity contribution >= 4 is 23.0 Å². The van der Waals surface area contributed by atoms with Crippen molar-refractivity contribution in [2.24, 2.45) is 0 Å². The number of aromatic amines is 1. The van der Waals surface area contributed by atoms with E-state index in [4.69, 9.17) is 5.11 Å². The lowest BCUT2D eigenvalue weighted by Gasteiger charge is -1.95. The number of rotatable bonds is 2. The van der Waals surface area contributed by atoms with Crippen LogP contribution in [0, 0.1) is 0 Å². The van der Waals surface area contributed by atoms with Crippen LogP contribution in [0.3, 0.4) is 0 Å². The highest BCUT2D eigenvalue weighted by atomic mass is 16.5. The third kappa shape index (κ3) is 1.48. The Morgan fingerprint density at radius 2 is 2.19 bits per heavy atom. The molecule has 7 nitrogen and oxygen atoms in total. The van der Waals surface area contributed by atoms with Crippen molar-refractivity contribution < 1.29 is 19.4 Å². The summed E-state index contributed by atoms with van der Waals surface area (Å²) in [4.78, 5) is 25.7. The Balaban J connectivity index is 2.59. The molecule has 0 amide bonds. The summed E-state index contributed by atoms with van der Waals surface area (Å²) in [5.41, 5.74) is 0.192. The molecule has 16 heavy (non-hydrogen) atoms. The van der Waals surface area contributed by atoms with E-state index in [0.29, 0.717) is 5.39 Å². The zero-order valence-electron chi connectivity index (χ0n) is 8.22. The number of pyridine rings is 1. The van der Waals surface area contributed by atoms with Crippen molar-refractivity contribution in [2.75, 3.05) is 7.11 Å². The van der Waals surface area contributed by atoms with Crippen molar-refractivity contribution in [1.29, 1.82) is 0 Å². The van der Waals surface area contributed by atoms with Gasteiger partial charge < -0.3 is 9.84 Å². The minimum Gasteiger partial charge on any atom is -0.477 e. The van der Waals surface area contributed by atoms with Gasteiger partial charge in [-0.25, -0.2) is 14.6 Å². The second kappa shape index (κ2) is 3.61. The van der Waals surface area contributed by atoms with Crippen LogP contribution in [-0.2, 0) is 4.74 Å². The van der Waals surface area contributed by atoms with Crippen LogP contribution >= 0.6 is 0 Å². The van der Waals surface area contributed by atoms with E-state index < -0.39 is 11.9 Å². The lowest BCUT2D eigenvalue weighted by molar-refractivity contribution is 0.0595. The van der Waals surface area contributed by atoms with Gasteiger partial charge in [0.1, 0.15) is 0 Å². The third-order valence-corrected chi connectivity index (χ3v) is 2.03. The topological polar surface area (TPSA) is 105 Å². The van der Waals surface area contributed by atoms with E-state index in [-0.39, 0.29) is 17.0 Å². The molecule has 0 unspecified atom stereocenters. The van der Waals surface area contributed by atoms with E-state index in [1.165, 1.54) is 19.2 Å². The highest BCUT2D eigenvalue weighted by molar-refractivity contribution is 6.01. The summed E-state index contributed by atoms with van der Waals surface area (Å²) in [5.74, 6) is -1.73. The predicted octanol–water partition coefficient (Wildman–Crippen LogP) is 0.443. The maximum atomic E-state index is 11.3. The number of carboxylic acid groups (broad SMARTS) is 1. The number of esters is 1. The second-order valence-electron chi connectivity index (χ2n) is 2.96. The fraction of sp³-hybridized carbons (Fsp3) is 0.111. The highest BCUT2D eigenvalue weighted by Gasteiger charge is 2.16. The van der Waals surface area contributed by atoms with Gasteiger partial charge in [-0.1, -0.05) is 0 Å². The van der Waals surface area contributed by atoms with Crippen LogP contribution in [0.5, 0.6) is 0 Å². The van der Waals surface area contributed by atoms with E-state index in [2.05, 4.69) is 19.9 Å². The molecule has 0 aliphatic rings. The van der Waals surface area contributed by atoms with Crippen molar-refractivity contribution in [1.82, 2.24) is 15.2 Å². The number of nitrogens with zero attached hydrogens (tertiary/aromatic N) is 2. The zero-order chi connectivity index (χ0) is 11.7. The number of carbonyl (C=O) groups excluding carboxylic acids is 1. The molecular formula is C9H7N3O4. The van der Waals surface area contributed by atoms with Crippen LogP contribution in [0.25, 0.3) is 11.0 Å². The average Bonchev–Trinajstić information content (AvgIpc) is 2.70. The van der Waals surface area contributed by atoms with Crippen LogP contribution < -0.4 is 0 Å². The summed E-state index contributed by atoms with van der Waals surface area (Å²) in [6.07, 6.45) is 0. The normalized spacial score (nSPS) is 10.3. The number of carbonyl (C=O) groups is 2. The van der Waals surface area contributed by atoms with E-state index in [1.54, 1.807) is 0 Å². The lowest BCUT2D eigenvalue weighted by atomic mass is 10.2. The average molecular weight is 221 g/mol. The zero-order valence-corrected chi connectivity index (χ0v) is 8.22. The first kappa shape index (κ1) is 10.1. The number of methoxy groups -OCH3 is 1. The summed E-state index contributed by atoms with van der Waals surface area (Å²) in [5, 5.41) is 15.3. The molecular weight excluding hydrogens is 214 g/mol. The van der Waals surface area contributed by atoms with Crippen LogP contribution in [0.15, 0.2) is 12.1 Å². The van der Waals surface area contributed by atoms with Gasteiger partial charge in [0.15, 0.2) is 17.0 Å². The molecule has 0 fully saturated rings. The van der Waals surface area contributed by atoms with Gasteiger partial charge in [0.2, 0.25) is 0 Å². The molecule has 0 radical (unpaired) electrons. The number of nitrogens with one attached hydrogen (secondary N) is 1. The highest BCUT2D eigenvalue weighted by Crippen LogP contribution is 2.15. The van der Waals surface area contributed by atoms with Crippen molar-refractivity contribution in [3.05, 3.63) is 23.5 Å². The number of H-pyrrole nitrogens is 1. The molecule has 0 aliphatic heterocycles. The largest absolute Gasteiger partial charge is 0.477 e. The summed E-state index contributed by atoms with van der Waals surface area (Å²) in [6.45, 7) is 0. The fourth-order valence-corrected chi connectivity index (χ4v) is 1.27. The van der Waals surface area contributed by atoms with E-state index in [0.717, 1.165) is 0 Å². The fourth-order valence-electron chi connectivity index (χ4n) is 1.27. The lowest BCUT2D eigenvalue weighted by Crippen LogP contribution is -2.02. The van der Waals surface area contributed by atoms with E-state index in [1.807, 2.05) is 0 Å². The Morgan fingerprint density at radius 1 is 1.44 bits per heavy atom. The van der Waals surface area contributed by atoms with Gasteiger partial charge in [0.05, 0.1) is 12.5 Å². The van der Waals surface area contributed by atoms with Gasteiger partial charge in [-0.05, 0) is 12.1 Å². The van der Waals surface area contributed by atoms with Gasteiger partial charge in [0.25, 0.3) is 0 Å². The quantitative estimate of drug-likeness (QED) is 0.713. The van der Waals surface area contributed by atoms with Gasteiger partial charge in [-0.3, -0.25) is 5.10 Å². The van der Waals surface area contributed by atoms with Gasteiger partial charge >= 0.3 is 11.9 Å². The molecule has 7 heteroatoms. The van der Waals surface area contributed by atoms with Crippen molar-refractivity contribution in [2.45, 2.75) is 0 Å². The van der Waals surface area contributed by atoms with Crippen LogP contribution in [0.1, 0.15) is 21.0 Å². The van der Waals surface area contributed by atoms with Gasteiger partial charge in [0, 0.05) is 0 Å². The van der Waals surface area contributed by atoms with Gasteiger partial charge in [-0.2, -0.15) is 5.10 Å². The van der Waals surface area contributed by atoms with Crippen molar-refractivity contribution in [3.8, 4) is 0 Å². The van der Waals surface area contributed by atoms with Crippen LogP contribution in [0.2, 0.25) is 0 Å². The summed E-state index contributed by atoms with van der Waals surface area (Å²) < 4.78 is 4.53. The Bertz CT molecular complexity index is 575. The standard InChI is InChI=1S/C9H7N3O4/c1-16-9(15)6-4-2-3-5(8(13)14)10-7(4)12-11-6/h2-3H,1H3,(H,13,14)(H,10,11,12). The monoisotopic (exact) mass is 221 g/mol. The molecule has 2 aromatic heterocycles. The molecule has 2 aromatic rings. The number of hydrogen-bond acceptors (Lipinski definition) is 5. The first-order valence-electron chi connectivity index (χ1n) is 4.30. The molecule has 0 aliphatic carbocycles. The number of aromatic carboxylic acids is 1. The van der Waals surface area contributed by atoms with Crippen molar-refractivity contribution in [3.63, 3.8) is 0 Å². The Labute approximate surface area is 89.1 Å². The first-order valence-corrected chi connectivity index (χ1v) is 4.30. The van der Waals surface area contributed by atoms with Crippen LogP contribution in [-0.4, -0.2) is 39.3 Å². The Morgan fingerprint density at radius 3 is 2.81 bits per heavy atom. The first-order chi connectivity index (χ1) is 7.63. The smallest absolute Gasteiger partial charge is 0.356 e. The molecule has 2 N–H and O–H groups in total. The van der Waals surface area contributed by atoms with E-state index in [9.17, 15) is 9.59 Å². The third-order valence-electron chi connectivity index (χ3n) is 2.03. The van der Waals surface area contributed by atoms with Crippen LogP contribution in [0.4, 0.5) is 0 Å². The number of fused-ring (bicyclic) bond motifs is 1. The molecule has 0 saturated carbocycles. The number of ether oxygens (including phenoxy) is 1. The molecule has 2 heterocycles. The van der Waals surface area contributed by atoms with Gasteiger partial charge in [-0.15, -0.1) is 0 Å². The molecule has 0 bridgehead atoms. The molecule has 2 rings (SSSR count). The minimum absolute atomic E-state index is 0.129. The maximum absolute atomic E-state index is 11.3. The summed E-state index contributed by atoms with van der Waals surface area (Å²) in [6, 6.07) is 2.76. The molecule has 0 spiro atoms. The second-order valence-corrected chi connectivity index (χ2v) is 2.96. The molecule has 82 valence electrons. The SMILES string of the molecule is COC(=O)c1[nH]nc2nc(C(=O)O)ccc12. The Kier molecular flexibility index (Phi) is 2.28. The minimum atomic E-state index is -1.15.